The maximum Gasteiger partial charge on any atom is 0.305 e. The Labute approximate surface area is 233 Å². The van der Waals surface area contributed by atoms with Crippen molar-refractivity contribution in [3.8, 4) is 0 Å². The molecule has 9 heteroatoms. The van der Waals surface area contributed by atoms with E-state index < -0.39 is 5.91 Å². The largest absolute Gasteiger partial charge is 0.464 e. The number of fused-ring (bicyclic) bond motifs is 1. The first kappa shape index (κ1) is 30.9. The number of hydrogen-bond donors (Lipinski definition) is 3. The Bertz CT molecular complexity index is 1020. The summed E-state index contributed by atoms with van der Waals surface area (Å²) in [5, 5.41) is 7.77. The predicted octanol–water partition coefficient (Wildman–Crippen LogP) is 6.01. The van der Waals surface area contributed by atoms with Crippen LogP contribution in [0.2, 0.25) is 0 Å². The Balaban J connectivity index is 1.21. The van der Waals surface area contributed by atoms with Gasteiger partial charge in [-0.25, -0.2) is 9.50 Å². The fourth-order valence-corrected chi connectivity index (χ4v) is 5.62. The van der Waals surface area contributed by atoms with Gasteiger partial charge in [0.05, 0.1) is 11.3 Å². The monoisotopic (exact) mass is 542 g/mol. The number of esters is 1. The lowest BCUT2D eigenvalue weighted by Gasteiger charge is -2.14. The van der Waals surface area contributed by atoms with Crippen LogP contribution >= 0.6 is 0 Å². The number of unbranched alkanes of at least 4 members (excludes halogenated alkanes) is 14. The second-order valence-corrected chi connectivity index (χ2v) is 11.1. The Kier molecular flexibility index (Phi) is 13.5. The van der Waals surface area contributed by atoms with E-state index in [1.54, 1.807) is 10.6 Å². The molecule has 0 aliphatic carbocycles. The van der Waals surface area contributed by atoms with Crippen LogP contribution < -0.4 is 16.8 Å². The molecule has 0 unspecified atom stereocenters. The quantitative estimate of drug-likeness (QED) is 0.138. The Morgan fingerprint density at radius 2 is 1.54 bits per heavy atom. The topological polar surface area (TPSA) is 138 Å². The van der Waals surface area contributed by atoms with Crippen LogP contribution in [0.5, 0.6) is 0 Å². The van der Waals surface area contributed by atoms with Gasteiger partial charge in [-0.05, 0) is 25.3 Å². The molecule has 2 aromatic rings. The molecule has 218 valence electrons. The highest BCUT2D eigenvalue weighted by Crippen LogP contribution is 2.31. The highest BCUT2D eigenvalue weighted by atomic mass is 16.5. The summed E-state index contributed by atoms with van der Waals surface area (Å²) < 4.78 is 7.18. The summed E-state index contributed by atoms with van der Waals surface area (Å²) in [6.07, 6.45) is 23.1. The molecule has 9 nitrogen and oxygen atoms in total. The Morgan fingerprint density at radius 1 is 0.949 bits per heavy atom. The number of nitrogens with one attached hydrogen (secondary N) is 1. The number of carbonyl (C=O) groups excluding carboxylic acids is 2. The second kappa shape index (κ2) is 17.1. The van der Waals surface area contributed by atoms with Crippen molar-refractivity contribution >= 4 is 23.2 Å². The third-order valence-electron chi connectivity index (χ3n) is 7.90. The van der Waals surface area contributed by atoms with Gasteiger partial charge in [0.2, 0.25) is 0 Å². The molecule has 0 saturated carbocycles. The van der Waals surface area contributed by atoms with Crippen LogP contribution in [0.15, 0.2) is 12.4 Å². The lowest BCUT2D eigenvalue weighted by molar-refractivity contribution is -0.144. The predicted molar refractivity (Wildman–Crippen MR) is 155 cm³/mol. The Hall–Kier alpha value is -2.68. The number of hydrogen-bond acceptors (Lipinski definition) is 7. The zero-order valence-electron chi connectivity index (χ0n) is 24.0. The molecule has 5 N–H and O–H groups in total. The molecule has 0 spiro atoms. The Morgan fingerprint density at radius 3 is 2.13 bits per heavy atom. The van der Waals surface area contributed by atoms with E-state index >= 15 is 0 Å². The van der Waals surface area contributed by atoms with Crippen molar-refractivity contribution in [1.29, 1.82) is 0 Å². The van der Waals surface area contributed by atoms with E-state index in [1.807, 2.05) is 0 Å². The van der Waals surface area contributed by atoms with Gasteiger partial charge in [0, 0.05) is 18.5 Å². The number of nitrogens with two attached hydrogens (primary N) is 2. The zero-order valence-corrected chi connectivity index (χ0v) is 24.0. The second-order valence-electron chi connectivity index (χ2n) is 11.1. The molecule has 1 saturated heterocycles. The van der Waals surface area contributed by atoms with Crippen LogP contribution in [-0.2, 0) is 9.53 Å². The highest BCUT2D eigenvalue weighted by Gasteiger charge is 2.30. The number of anilines is 1. The summed E-state index contributed by atoms with van der Waals surface area (Å²) >= 11 is 0. The summed E-state index contributed by atoms with van der Waals surface area (Å²) in [4.78, 5) is 28.1. The molecule has 1 fully saturated rings. The van der Waals surface area contributed by atoms with Gasteiger partial charge in [0.1, 0.15) is 18.5 Å². The summed E-state index contributed by atoms with van der Waals surface area (Å²) in [6.45, 7) is 2.61. The number of aromatic nitrogens is 3. The average Bonchev–Trinajstić information content (AvgIpc) is 3.55. The van der Waals surface area contributed by atoms with Crippen molar-refractivity contribution < 1.29 is 14.3 Å². The van der Waals surface area contributed by atoms with Gasteiger partial charge in [0.15, 0.2) is 5.82 Å². The molecule has 1 amide bonds. The first-order valence-corrected chi connectivity index (χ1v) is 15.3. The van der Waals surface area contributed by atoms with Crippen LogP contribution in [0.4, 0.5) is 5.82 Å². The number of carbonyl (C=O) groups is 2. The van der Waals surface area contributed by atoms with Gasteiger partial charge in [0.25, 0.3) is 5.91 Å². The molecule has 2 aromatic heterocycles. The zero-order chi connectivity index (χ0) is 27.9. The van der Waals surface area contributed by atoms with E-state index in [0.29, 0.717) is 24.1 Å². The maximum atomic E-state index is 12.2. The van der Waals surface area contributed by atoms with Gasteiger partial charge in [-0.1, -0.05) is 96.8 Å². The van der Waals surface area contributed by atoms with Crippen molar-refractivity contribution in [3.63, 3.8) is 0 Å². The van der Waals surface area contributed by atoms with E-state index in [4.69, 9.17) is 16.2 Å². The fourth-order valence-electron chi connectivity index (χ4n) is 5.62. The van der Waals surface area contributed by atoms with Gasteiger partial charge >= 0.3 is 5.97 Å². The summed E-state index contributed by atoms with van der Waals surface area (Å²) in [5.74, 6) is -0.477. The van der Waals surface area contributed by atoms with Gasteiger partial charge < -0.3 is 21.5 Å². The smallest absolute Gasteiger partial charge is 0.305 e. The van der Waals surface area contributed by atoms with Crippen molar-refractivity contribution in [2.75, 3.05) is 12.3 Å². The van der Waals surface area contributed by atoms with E-state index in [9.17, 15) is 9.59 Å². The van der Waals surface area contributed by atoms with Gasteiger partial charge in [-0.2, -0.15) is 5.10 Å². The molecule has 0 bridgehead atoms. The number of primary amides is 1. The molecule has 1 aliphatic heterocycles. The van der Waals surface area contributed by atoms with Crippen molar-refractivity contribution in [2.24, 2.45) is 5.73 Å². The summed E-state index contributed by atoms with van der Waals surface area (Å²) in [5.41, 5.74) is 13.1. The third kappa shape index (κ3) is 10.1. The first-order valence-electron chi connectivity index (χ1n) is 15.3. The number of amides is 1. The number of nitrogen functional groups attached to an aromatic ring is 1. The lowest BCUT2D eigenvalue weighted by Crippen LogP contribution is -2.30. The van der Waals surface area contributed by atoms with E-state index in [0.717, 1.165) is 31.4 Å². The molecule has 2 atom stereocenters. The SMILES string of the molecule is CCCCCCCCCCCCCCCCCC(=O)OC[C@@H]1CC[C@H](c2cc(C(N)=O)c3c(N)ncnn23)N1. The third-order valence-corrected chi connectivity index (χ3v) is 7.90. The van der Waals surface area contributed by atoms with Crippen LogP contribution in [0.25, 0.3) is 5.52 Å². The van der Waals surface area contributed by atoms with Crippen molar-refractivity contribution in [3.05, 3.63) is 23.7 Å². The number of ether oxygens (including phenoxy) is 1. The average molecular weight is 543 g/mol. The first-order chi connectivity index (χ1) is 19.0. The highest BCUT2D eigenvalue weighted by molar-refractivity contribution is 6.02. The fraction of sp³-hybridized carbons (Fsp3) is 0.733. The van der Waals surface area contributed by atoms with Crippen molar-refractivity contribution in [1.82, 2.24) is 19.9 Å². The normalized spacial score (nSPS) is 17.2. The molecule has 0 radical (unpaired) electrons. The van der Waals surface area contributed by atoms with Crippen molar-refractivity contribution in [2.45, 2.75) is 135 Å². The van der Waals surface area contributed by atoms with Crippen LogP contribution in [0, 0.1) is 0 Å². The molecular weight excluding hydrogens is 492 g/mol. The standard InChI is InChI=1S/C30H50N6O3/c1-2-3-4-5-6-7-8-9-10-11-12-13-14-15-16-17-27(37)39-21-23-18-19-25(35-23)26-20-24(30(32)38)28-29(31)33-22-34-36(26)28/h20,22-23,25,35H,2-19,21H2,1H3,(H2,32,38)(H2,31,33,34)/t23-,25+/m0/s1. The molecule has 1 aliphatic rings. The van der Waals surface area contributed by atoms with Gasteiger partial charge in [-0.15, -0.1) is 0 Å². The minimum atomic E-state index is -0.567. The van der Waals surface area contributed by atoms with E-state index in [2.05, 4.69) is 22.3 Å². The minimum Gasteiger partial charge on any atom is -0.464 e. The molecule has 3 rings (SSSR count). The maximum absolute atomic E-state index is 12.2. The van der Waals surface area contributed by atoms with Crippen LogP contribution in [0.3, 0.4) is 0 Å². The van der Waals surface area contributed by atoms with Crippen LogP contribution in [0.1, 0.15) is 145 Å². The summed E-state index contributed by atoms with van der Waals surface area (Å²) in [6, 6.07) is 1.74. The van der Waals surface area contributed by atoms with E-state index in [-0.39, 0.29) is 23.9 Å². The minimum absolute atomic E-state index is 0.0425. The van der Waals surface area contributed by atoms with Crippen LogP contribution in [-0.4, -0.2) is 39.1 Å². The molecule has 39 heavy (non-hydrogen) atoms. The van der Waals surface area contributed by atoms with E-state index in [1.165, 1.54) is 89.8 Å². The van der Waals surface area contributed by atoms with Gasteiger partial charge in [-0.3, -0.25) is 9.59 Å². The number of rotatable bonds is 20. The number of nitrogens with zero attached hydrogens (tertiary/aromatic N) is 3. The molecule has 0 aromatic carbocycles. The lowest BCUT2D eigenvalue weighted by atomic mass is 10.0. The summed E-state index contributed by atoms with van der Waals surface area (Å²) in [7, 11) is 0. The molecule has 3 heterocycles. The molecular formula is C30H50N6O3.